The normalized spacial score (nSPS) is 13.6. The van der Waals surface area contributed by atoms with E-state index in [2.05, 4.69) is 10.6 Å². The van der Waals surface area contributed by atoms with E-state index in [-0.39, 0.29) is 24.4 Å². The van der Waals surface area contributed by atoms with Crippen LogP contribution in [0, 0.1) is 5.92 Å². The number of furan rings is 1. The second kappa shape index (κ2) is 6.66. The highest BCUT2D eigenvalue weighted by Gasteiger charge is 2.26. The van der Waals surface area contributed by atoms with Gasteiger partial charge in [-0.05, 0) is 30.2 Å². The summed E-state index contributed by atoms with van der Waals surface area (Å²) in [6, 6.07) is 7.59. The first-order valence-corrected chi connectivity index (χ1v) is 7.59. The number of carbonyl (C=O) groups excluding carboxylic acids is 2. The predicted octanol–water partition coefficient (Wildman–Crippen LogP) is 2.40. The van der Waals surface area contributed by atoms with Crippen LogP contribution >= 0.6 is 0 Å². The molecule has 7 heteroatoms. The van der Waals surface area contributed by atoms with E-state index in [1.165, 1.54) is 6.26 Å². The molecular formula is C17H18N2O5. The van der Waals surface area contributed by atoms with Gasteiger partial charge in [-0.1, -0.05) is 13.8 Å². The van der Waals surface area contributed by atoms with Crippen LogP contribution in [0.5, 0.6) is 11.5 Å². The summed E-state index contributed by atoms with van der Waals surface area (Å²) in [5, 5.41) is 5.47. The topological polar surface area (TPSA) is 89.8 Å². The average molecular weight is 330 g/mol. The molecule has 0 unspecified atom stereocenters. The summed E-state index contributed by atoms with van der Waals surface area (Å²) in [7, 11) is 0. The molecule has 2 aromatic rings. The first-order valence-electron chi connectivity index (χ1n) is 7.59. The molecule has 24 heavy (non-hydrogen) atoms. The first-order chi connectivity index (χ1) is 11.5. The van der Waals surface area contributed by atoms with E-state index in [4.69, 9.17) is 13.9 Å². The lowest BCUT2D eigenvalue weighted by atomic mass is 10.0. The summed E-state index contributed by atoms with van der Waals surface area (Å²) < 4.78 is 15.6. The minimum atomic E-state index is -0.701. The molecule has 1 aliphatic heterocycles. The van der Waals surface area contributed by atoms with E-state index >= 15 is 0 Å². The minimum Gasteiger partial charge on any atom is -0.459 e. The van der Waals surface area contributed by atoms with E-state index in [0.717, 1.165) is 0 Å². The molecular weight excluding hydrogens is 312 g/mol. The highest BCUT2D eigenvalue weighted by Crippen LogP contribution is 2.34. The highest BCUT2D eigenvalue weighted by atomic mass is 16.7. The van der Waals surface area contributed by atoms with Gasteiger partial charge in [0.2, 0.25) is 12.7 Å². The van der Waals surface area contributed by atoms with Crippen LogP contribution in [0.15, 0.2) is 41.0 Å². The summed E-state index contributed by atoms with van der Waals surface area (Å²) >= 11 is 0. The van der Waals surface area contributed by atoms with Crippen molar-refractivity contribution in [2.45, 2.75) is 19.9 Å². The maximum atomic E-state index is 12.5. The van der Waals surface area contributed by atoms with Gasteiger partial charge < -0.3 is 24.5 Å². The Labute approximate surface area is 138 Å². The summed E-state index contributed by atoms with van der Waals surface area (Å²) in [5.41, 5.74) is 0.571. The fraction of sp³-hybridized carbons (Fsp3) is 0.294. The third-order valence-corrected chi connectivity index (χ3v) is 3.62. The molecule has 1 aromatic carbocycles. The van der Waals surface area contributed by atoms with Crippen molar-refractivity contribution in [2.75, 3.05) is 12.1 Å². The molecule has 0 aliphatic carbocycles. The van der Waals surface area contributed by atoms with Crippen LogP contribution in [0.25, 0.3) is 0 Å². The van der Waals surface area contributed by atoms with Gasteiger partial charge in [0.1, 0.15) is 6.04 Å². The number of benzene rings is 1. The standard InChI is InChI=1S/C17H18N2O5/c1-10(2)15(19-16(20)13-4-3-7-22-13)17(21)18-11-5-6-12-14(8-11)24-9-23-12/h3-8,10,15H,9H2,1-2H3,(H,18,21)(H,19,20)/t15-/m1/s1. The molecule has 7 nitrogen and oxygen atoms in total. The Balaban J connectivity index is 1.69. The summed E-state index contributed by atoms with van der Waals surface area (Å²) in [6.45, 7) is 3.87. The number of amides is 2. The summed E-state index contributed by atoms with van der Waals surface area (Å²) in [6.07, 6.45) is 1.41. The van der Waals surface area contributed by atoms with Gasteiger partial charge in [-0.15, -0.1) is 0 Å². The number of hydrogen-bond donors (Lipinski definition) is 2. The number of rotatable bonds is 5. The quantitative estimate of drug-likeness (QED) is 0.878. The molecule has 2 N–H and O–H groups in total. The largest absolute Gasteiger partial charge is 0.459 e. The molecule has 2 heterocycles. The highest BCUT2D eigenvalue weighted by molar-refractivity contribution is 6.00. The minimum absolute atomic E-state index is 0.0991. The van der Waals surface area contributed by atoms with Gasteiger partial charge in [-0.3, -0.25) is 9.59 Å². The van der Waals surface area contributed by atoms with Gasteiger partial charge in [0, 0.05) is 11.8 Å². The van der Waals surface area contributed by atoms with Gasteiger partial charge in [0.05, 0.1) is 6.26 Å². The Hall–Kier alpha value is -2.96. The van der Waals surface area contributed by atoms with Gasteiger partial charge in [-0.2, -0.15) is 0 Å². The van der Waals surface area contributed by atoms with Crippen LogP contribution in [0.3, 0.4) is 0 Å². The molecule has 0 saturated heterocycles. The summed E-state index contributed by atoms with van der Waals surface area (Å²) in [5.74, 6) is 0.533. The number of ether oxygens (including phenoxy) is 2. The molecule has 0 fully saturated rings. The molecule has 0 saturated carbocycles. The molecule has 126 valence electrons. The van der Waals surface area contributed by atoms with Crippen molar-refractivity contribution in [2.24, 2.45) is 5.92 Å². The predicted molar refractivity (Wildman–Crippen MR) is 86.0 cm³/mol. The first kappa shape index (κ1) is 15.9. The van der Waals surface area contributed by atoms with E-state index in [1.54, 1.807) is 30.3 Å². The van der Waals surface area contributed by atoms with Crippen molar-refractivity contribution in [3.8, 4) is 11.5 Å². The monoisotopic (exact) mass is 330 g/mol. The maximum Gasteiger partial charge on any atom is 0.287 e. The Kier molecular flexibility index (Phi) is 4.41. The molecule has 0 spiro atoms. The Morgan fingerprint density at radius 1 is 1.12 bits per heavy atom. The Morgan fingerprint density at radius 2 is 1.92 bits per heavy atom. The lowest BCUT2D eigenvalue weighted by molar-refractivity contribution is -0.118. The van der Waals surface area contributed by atoms with Gasteiger partial charge in [-0.25, -0.2) is 0 Å². The molecule has 0 radical (unpaired) electrons. The average Bonchev–Trinajstić information content (AvgIpc) is 3.22. The van der Waals surface area contributed by atoms with E-state index < -0.39 is 11.9 Å². The Morgan fingerprint density at radius 3 is 2.62 bits per heavy atom. The smallest absolute Gasteiger partial charge is 0.287 e. The Bertz CT molecular complexity index is 739. The van der Waals surface area contributed by atoms with Gasteiger partial charge >= 0.3 is 0 Å². The van der Waals surface area contributed by atoms with Crippen LogP contribution in [-0.4, -0.2) is 24.6 Å². The SMILES string of the molecule is CC(C)[C@@H](NC(=O)c1ccco1)C(=O)Nc1ccc2c(c1)OCO2. The van der Waals surface area contributed by atoms with Crippen molar-refractivity contribution in [1.29, 1.82) is 0 Å². The van der Waals surface area contributed by atoms with E-state index in [1.807, 2.05) is 13.8 Å². The van der Waals surface area contributed by atoms with Crippen molar-refractivity contribution in [3.63, 3.8) is 0 Å². The van der Waals surface area contributed by atoms with E-state index in [9.17, 15) is 9.59 Å². The van der Waals surface area contributed by atoms with Gasteiger partial charge in [0.25, 0.3) is 5.91 Å². The van der Waals surface area contributed by atoms with Crippen LogP contribution in [-0.2, 0) is 4.79 Å². The molecule has 1 aliphatic rings. The number of fused-ring (bicyclic) bond motifs is 1. The number of anilines is 1. The molecule has 1 aromatic heterocycles. The van der Waals surface area contributed by atoms with Crippen LogP contribution < -0.4 is 20.1 Å². The van der Waals surface area contributed by atoms with E-state index in [0.29, 0.717) is 17.2 Å². The zero-order chi connectivity index (χ0) is 17.1. The zero-order valence-corrected chi connectivity index (χ0v) is 13.4. The molecule has 3 rings (SSSR count). The number of hydrogen-bond acceptors (Lipinski definition) is 5. The summed E-state index contributed by atoms with van der Waals surface area (Å²) in [4.78, 5) is 24.6. The fourth-order valence-corrected chi connectivity index (χ4v) is 2.35. The third-order valence-electron chi connectivity index (χ3n) is 3.62. The van der Waals surface area contributed by atoms with Gasteiger partial charge in [0.15, 0.2) is 17.3 Å². The third kappa shape index (κ3) is 3.34. The molecule has 2 amide bonds. The second-order valence-corrected chi connectivity index (χ2v) is 5.73. The van der Waals surface area contributed by atoms with Crippen LogP contribution in [0.1, 0.15) is 24.4 Å². The fourth-order valence-electron chi connectivity index (χ4n) is 2.35. The lowest BCUT2D eigenvalue weighted by Crippen LogP contribution is -2.47. The van der Waals surface area contributed by atoms with Crippen LogP contribution in [0.4, 0.5) is 5.69 Å². The number of nitrogens with one attached hydrogen (secondary N) is 2. The second-order valence-electron chi connectivity index (χ2n) is 5.73. The molecule has 1 atom stereocenters. The van der Waals surface area contributed by atoms with Crippen molar-refractivity contribution < 1.29 is 23.5 Å². The maximum absolute atomic E-state index is 12.5. The zero-order valence-electron chi connectivity index (χ0n) is 13.4. The van der Waals surface area contributed by atoms with Crippen molar-refractivity contribution in [3.05, 3.63) is 42.4 Å². The van der Waals surface area contributed by atoms with Crippen molar-refractivity contribution in [1.82, 2.24) is 5.32 Å². The van der Waals surface area contributed by atoms with Crippen molar-refractivity contribution >= 4 is 17.5 Å². The van der Waals surface area contributed by atoms with Crippen LogP contribution in [0.2, 0.25) is 0 Å². The lowest BCUT2D eigenvalue weighted by Gasteiger charge is -2.21. The molecule has 0 bridgehead atoms. The number of carbonyl (C=O) groups is 2.